The van der Waals surface area contributed by atoms with E-state index in [9.17, 15) is 4.79 Å². The van der Waals surface area contributed by atoms with Gasteiger partial charge in [0, 0.05) is 25.7 Å². The van der Waals surface area contributed by atoms with Crippen molar-refractivity contribution < 1.29 is 4.79 Å². The van der Waals surface area contributed by atoms with Crippen molar-refractivity contribution in [3.8, 4) is 0 Å². The summed E-state index contributed by atoms with van der Waals surface area (Å²) in [4.78, 5) is 16.1. The summed E-state index contributed by atoms with van der Waals surface area (Å²) in [6.45, 7) is 8.11. The third kappa shape index (κ3) is 2.66. The minimum atomic E-state index is -0.423. The maximum atomic E-state index is 11.5. The Hall–Kier alpha value is -1.75. The summed E-state index contributed by atoms with van der Waals surface area (Å²) in [5, 5.41) is 0. The lowest BCUT2D eigenvalue weighted by molar-refractivity contribution is 0.100. The summed E-state index contributed by atoms with van der Waals surface area (Å²) in [6.07, 6.45) is 0. The van der Waals surface area contributed by atoms with Crippen LogP contribution in [0.3, 0.4) is 0 Å². The van der Waals surface area contributed by atoms with Crippen LogP contribution < -0.4 is 16.4 Å². The molecule has 1 aliphatic rings. The van der Waals surface area contributed by atoms with Crippen LogP contribution in [-0.4, -0.2) is 43.0 Å². The molecular weight excluding hydrogens is 240 g/mol. The minimum absolute atomic E-state index is 0.423. The monoisotopic (exact) mass is 262 g/mol. The van der Waals surface area contributed by atoms with Crippen LogP contribution >= 0.6 is 0 Å². The number of nitrogens with zero attached hydrogens (tertiary/aromatic N) is 2. The molecule has 5 nitrogen and oxygen atoms in total. The van der Waals surface area contributed by atoms with Gasteiger partial charge < -0.3 is 16.4 Å². The Bertz CT molecular complexity index is 475. The first-order valence-corrected chi connectivity index (χ1v) is 6.71. The van der Waals surface area contributed by atoms with Crippen LogP contribution in [0.15, 0.2) is 18.2 Å². The first-order chi connectivity index (χ1) is 9.04. The third-order valence-electron chi connectivity index (χ3n) is 3.82. The molecule has 0 saturated carbocycles. The number of carbonyl (C=O) groups is 1. The summed E-state index contributed by atoms with van der Waals surface area (Å²) < 4.78 is 0. The second-order valence-corrected chi connectivity index (χ2v) is 5.03. The van der Waals surface area contributed by atoms with E-state index >= 15 is 0 Å². The predicted octanol–water partition coefficient (Wildman–Crippen LogP) is 0.898. The molecule has 0 aromatic heterocycles. The zero-order valence-corrected chi connectivity index (χ0v) is 11.6. The SMILES string of the molecule is CCN1CCN(c2c(N)cccc2C(N)=O)CC1C. The van der Waals surface area contributed by atoms with Crippen LogP contribution in [0.2, 0.25) is 0 Å². The van der Waals surface area contributed by atoms with Gasteiger partial charge in [-0.05, 0) is 25.6 Å². The number of piperazine rings is 1. The zero-order chi connectivity index (χ0) is 14.0. The van der Waals surface area contributed by atoms with Gasteiger partial charge in [0.2, 0.25) is 0 Å². The Kier molecular flexibility index (Phi) is 3.95. The van der Waals surface area contributed by atoms with Crippen molar-refractivity contribution in [1.82, 2.24) is 4.90 Å². The fraction of sp³-hybridized carbons (Fsp3) is 0.500. The predicted molar refractivity (Wildman–Crippen MR) is 78.3 cm³/mol. The molecule has 1 aromatic carbocycles. The lowest BCUT2D eigenvalue weighted by Gasteiger charge is -2.41. The third-order valence-corrected chi connectivity index (χ3v) is 3.82. The first-order valence-electron chi connectivity index (χ1n) is 6.71. The van der Waals surface area contributed by atoms with Gasteiger partial charge in [-0.3, -0.25) is 9.69 Å². The number of carbonyl (C=O) groups excluding carboxylic acids is 1. The van der Waals surface area contributed by atoms with E-state index in [2.05, 4.69) is 23.6 Å². The number of hydrogen-bond donors (Lipinski definition) is 2. The molecule has 0 spiro atoms. The molecule has 1 saturated heterocycles. The largest absolute Gasteiger partial charge is 0.397 e. The van der Waals surface area contributed by atoms with Gasteiger partial charge in [0.05, 0.1) is 16.9 Å². The Balaban J connectivity index is 2.30. The van der Waals surface area contributed by atoms with Crippen LogP contribution in [0.5, 0.6) is 0 Å². The molecule has 0 aliphatic carbocycles. The number of nitrogens with two attached hydrogens (primary N) is 2. The molecule has 0 radical (unpaired) electrons. The van der Waals surface area contributed by atoms with Crippen molar-refractivity contribution in [3.05, 3.63) is 23.8 Å². The molecule has 1 heterocycles. The highest BCUT2D eigenvalue weighted by Crippen LogP contribution is 2.29. The summed E-state index contributed by atoms with van der Waals surface area (Å²) in [5.74, 6) is -0.423. The number of para-hydroxylation sites is 1. The molecule has 1 atom stereocenters. The van der Waals surface area contributed by atoms with Crippen molar-refractivity contribution in [1.29, 1.82) is 0 Å². The standard InChI is InChI=1S/C14H22N4O/c1-3-17-7-8-18(9-10(17)2)13-11(14(16)19)5-4-6-12(13)15/h4-6,10H,3,7-9,15H2,1-2H3,(H2,16,19). The molecule has 0 bridgehead atoms. The summed E-state index contributed by atoms with van der Waals surface area (Å²) in [5.41, 5.74) is 13.4. The smallest absolute Gasteiger partial charge is 0.250 e. The number of likely N-dealkylation sites (N-methyl/N-ethyl adjacent to an activating group) is 1. The first kappa shape index (κ1) is 13.7. The molecule has 5 heteroatoms. The van der Waals surface area contributed by atoms with E-state index in [1.54, 1.807) is 12.1 Å². The second-order valence-electron chi connectivity index (χ2n) is 5.03. The Morgan fingerprint density at radius 3 is 2.74 bits per heavy atom. The van der Waals surface area contributed by atoms with Crippen LogP contribution in [0.25, 0.3) is 0 Å². The van der Waals surface area contributed by atoms with Gasteiger partial charge in [0.1, 0.15) is 0 Å². The molecule has 1 aromatic rings. The van der Waals surface area contributed by atoms with Gasteiger partial charge in [0.15, 0.2) is 0 Å². The Morgan fingerprint density at radius 2 is 2.16 bits per heavy atom. The highest BCUT2D eigenvalue weighted by molar-refractivity contribution is 6.01. The van der Waals surface area contributed by atoms with E-state index < -0.39 is 5.91 Å². The Morgan fingerprint density at radius 1 is 1.42 bits per heavy atom. The zero-order valence-electron chi connectivity index (χ0n) is 11.6. The maximum absolute atomic E-state index is 11.5. The van der Waals surface area contributed by atoms with Gasteiger partial charge >= 0.3 is 0 Å². The van der Waals surface area contributed by atoms with Crippen molar-refractivity contribution in [3.63, 3.8) is 0 Å². The summed E-state index contributed by atoms with van der Waals surface area (Å²) in [7, 11) is 0. The molecule has 2 rings (SSSR count). The van der Waals surface area contributed by atoms with Gasteiger partial charge in [-0.15, -0.1) is 0 Å². The fourth-order valence-electron chi connectivity index (χ4n) is 2.78. The normalized spacial score (nSPS) is 20.5. The van der Waals surface area contributed by atoms with Crippen molar-refractivity contribution >= 4 is 17.3 Å². The molecule has 1 amide bonds. The van der Waals surface area contributed by atoms with Crippen LogP contribution in [0.4, 0.5) is 11.4 Å². The van der Waals surface area contributed by atoms with E-state index in [4.69, 9.17) is 11.5 Å². The molecule has 104 valence electrons. The van der Waals surface area contributed by atoms with Gasteiger partial charge in [-0.2, -0.15) is 0 Å². The summed E-state index contributed by atoms with van der Waals surface area (Å²) in [6, 6.07) is 5.77. The van der Waals surface area contributed by atoms with Gasteiger partial charge in [-0.1, -0.05) is 13.0 Å². The Labute approximate surface area is 114 Å². The minimum Gasteiger partial charge on any atom is -0.397 e. The number of hydrogen-bond acceptors (Lipinski definition) is 4. The molecule has 1 fully saturated rings. The molecule has 1 unspecified atom stereocenters. The maximum Gasteiger partial charge on any atom is 0.250 e. The molecular formula is C14H22N4O. The van der Waals surface area contributed by atoms with Gasteiger partial charge in [-0.25, -0.2) is 0 Å². The van der Waals surface area contributed by atoms with E-state index in [1.807, 2.05) is 6.07 Å². The van der Waals surface area contributed by atoms with Crippen LogP contribution in [-0.2, 0) is 0 Å². The quantitative estimate of drug-likeness (QED) is 0.794. The van der Waals surface area contributed by atoms with Crippen molar-refractivity contribution in [2.75, 3.05) is 36.8 Å². The highest BCUT2D eigenvalue weighted by Gasteiger charge is 2.26. The average molecular weight is 262 g/mol. The van der Waals surface area contributed by atoms with E-state index in [0.717, 1.165) is 31.9 Å². The lowest BCUT2D eigenvalue weighted by atomic mass is 10.1. The van der Waals surface area contributed by atoms with E-state index in [-0.39, 0.29) is 0 Å². The average Bonchev–Trinajstić information content (AvgIpc) is 2.38. The number of benzene rings is 1. The number of nitrogen functional groups attached to an aromatic ring is 1. The van der Waals surface area contributed by atoms with Crippen molar-refractivity contribution in [2.45, 2.75) is 19.9 Å². The number of anilines is 2. The van der Waals surface area contributed by atoms with Crippen LogP contribution in [0, 0.1) is 0 Å². The number of rotatable bonds is 3. The highest BCUT2D eigenvalue weighted by atomic mass is 16.1. The fourth-order valence-corrected chi connectivity index (χ4v) is 2.78. The lowest BCUT2D eigenvalue weighted by Crippen LogP contribution is -2.52. The van der Waals surface area contributed by atoms with E-state index in [1.165, 1.54) is 0 Å². The van der Waals surface area contributed by atoms with E-state index in [0.29, 0.717) is 17.3 Å². The molecule has 1 aliphatic heterocycles. The summed E-state index contributed by atoms with van der Waals surface area (Å²) >= 11 is 0. The van der Waals surface area contributed by atoms with Crippen LogP contribution in [0.1, 0.15) is 24.2 Å². The number of primary amides is 1. The van der Waals surface area contributed by atoms with Gasteiger partial charge in [0.25, 0.3) is 5.91 Å². The number of amides is 1. The van der Waals surface area contributed by atoms with Crippen molar-refractivity contribution in [2.24, 2.45) is 5.73 Å². The molecule has 4 N–H and O–H groups in total. The second kappa shape index (κ2) is 5.48. The molecule has 19 heavy (non-hydrogen) atoms. The topological polar surface area (TPSA) is 75.6 Å².